The molecule has 1 unspecified atom stereocenters. The molecule has 0 bridgehead atoms. The van der Waals surface area contributed by atoms with Gasteiger partial charge in [-0.05, 0) is 49.6 Å². The smallest absolute Gasteiger partial charge is 0.341 e. The number of hydrogen-bond acceptors (Lipinski definition) is 7. The first-order chi connectivity index (χ1) is 14.3. The Hall–Kier alpha value is -2.16. The maximum atomic E-state index is 12.6. The zero-order valence-corrected chi connectivity index (χ0v) is 19.0. The van der Waals surface area contributed by atoms with Gasteiger partial charge in [-0.1, -0.05) is 23.2 Å². The Morgan fingerprint density at radius 1 is 1.20 bits per heavy atom. The number of carbonyl (C=O) groups is 3. The third-order valence-corrected chi connectivity index (χ3v) is 5.30. The number of furan rings is 1. The Morgan fingerprint density at radius 2 is 1.93 bits per heavy atom. The van der Waals surface area contributed by atoms with Gasteiger partial charge in [-0.2, -0.15) is 11.8 Å². The molecule has 1 atom stereocenters. The second-order valence-electron chi connectivity index (χ2n) is 6.21. The van der Waals surface area contributed by atoms with Crippen LogP contribution in [-0.2, 0) is 20.9 Å². The lowest BCUT2D eigenvalue weighted by Crippen LogP contribution is -2.42. The lowest BCUT2D eigenvalue weighted by Gasteiger charge is -2.17. The summed E-state index contributed by atoms with van der Waals surface area (Å²) in [6.45, 7) is 1.42. The fourth-order valence-corrected chi connectivity index (χ4v) is 3.53. The van der Waals surface area contributed by atoms with Crippen LogP contribution < -0.4 is 5.32 Å². The Kier molecular flexibility index (Phi) is 9.08. The maximum Gasteiger partial charge on any atom is 0.341 e. The Labute approximate surface area is 188 Å². The molecule has 2 rings (SSSR count). The van der Waals surface area contributed by atoms with Crippen molar-refractivity contribution in [1.29, 1.82) is 0 Å². The quantitative estimate of drug-likeness (QED) is 0.543. The monoisotopic (exact) mass is 473 g/mol. The highest BCUT2D eigenvalue weighted by Gasteiger charge is 2.24. The van der Waals surface area contributed by atoms with E-state index in [1.54, 1.807) is 6.92 Å². The molecule has 0 spiro atoms. The lowest BCUT2D eigenvalue weighted by molar-refractivity contribution is -0.147. The third kappa shape index (κ3) is 6.42. The highest BCUT2D eigenvalue weighted by atomic mass is 35.5. The van der Waals surface area contributed by atoms with Crippen LogP contribution in [0.4, 0.5) is 0 Å². The number of rotatable bonds is 9. The molecule has 1 N–H and O–H groups in total. The summed E-state index contributed by atoms with van der Waals surface area (Å²) in [6, 6.07) is 5.04. The summed E-state index contributed by atoms with van der Waals surface area (Å²) in [4.78, 5) is 36.8. The number of halogens is 2. The maximum absolute atomic E-state index is 12.6. The molecule has 162 valence electrons. The van der Waals surface area contributed by atoms with Crippen LogP contribution in [0.5, 0.6) is 0 Å². The van der Waals surface area contributed by atoms with Crippen molar-refractivity contribution in [2.24, 2.45) is 0 Å². The van der Waals surface area contributed by atoms with E-state index in [9.17, 15) is 14.4 Å². The van der Waals surface area contributed by atoms with Gasteiger partial charge in [-0.3, -0.25) is 4.79 Å². The van der Waals surface area contributed by atoms with Gasteiger partial charge in [0.05, 0.1) is 17.7 Å². The Balaban J connectivity index is 2.06. The zero-order chi connectivity index (χ0) is 22.3. The molecule has 0 saturated carbocycles. The summed E-state index contributed by atoms with van der Waals surface area (Å²) in [5, 5.41) is 3.23. The van der Waals surface area contributed by atoms with Gasteiger partial charge in [0.15, 0.2) is 0 Å². The van der Waals surface area contributed by atoms with Crippen LogP contribution in [-0.4, -0.2) is 43.0 Å². The van der Waals surface area contributed by atoms with Gasteiger partial charge < -0.3 is 19.2 Å². The van der Waals surface area contributed by atoms with E-state index in [-0.39, 0.29) is 28.5 Å². The van der Waals surface area contributed by atoms with Crippen LogP contribution in [0.3, 0.4) is 0 Å². The van der Waals surface area contributed by atoms with Gasteiger partial charge in [-0.25, -0.2) is 9.59 Å². The molecule has 0 saturated heterocycles. The number of thioether (sulfide) groups is 1. The minimum Gasteiger partial charge on any atom is -0.465 e. The van der Waals surface area contributed by atoms with E-state index < -0.39 is 23.9 Å². The second-order valence-corrected chi connectivity index (χ2v) is 8.04. The van der Waals surface area contributed by atoms with Crippen molar-refractivity contribution in [2.45, 2.75) is 26.0 Å². The molecule has 1 heterocycles. The summed E-state index contributed by atoms with van der Waals surface area (Å²) in [5.41, 5.74) is 0.459. The van der Waals surface area contributed by atoms with Crippen molar-refractivity contribution in [1.82, 2.24) is 5.32 Å². The molecule has 1 aromatic carbocycles. The van der Waals surface area contributed by atoms with Crippen LogP contribution in [0.2, 0.25) is 10.0 Å². The van der Waals surface area contributed by atoms with Crippen molar-refractivity contribution in [3.63, 3.8) is 0 Å². The minimum absolute atomic E-state index is 0.179. The van der Waals surface area contributed by atoms with Crippen molar-refractivity contribution in [3.05, 3.63) is 57.0 Å². The van der Waals surface area contributed by atoms with E-state index in [0.717, 1.165) is 0 Å². The molecule has 0 aliphatic rings. The number of nitrogens with one attached hydrogen (secondary N) is 1. The largest absolute Gasteiger partial charge is 0.465 e. The first-order valence-electron chi connectivity index (χ1n) is 8.86. The van der Waals surface area contributed by atoms with Gasteiger partial charge in [0, 0.05) is 5.02 Å². The molecular formula is C20H21Cl2NO6S. The molecule has 0 aliphatic heterocycles. The van der Waals surface area contributed by atoms with Gasteiger partial charge in [0.25, 0.3) is 5.91 Å². The molecule has 0 radical (unpaired) electrons. The normalized spacial score (nSPS) is 11.6. The molecule has 1 aromatic heterocycles. The van der Waals surface area contributed by atoms with Crippen molar-refractivity contribution in [2.75, 3.05) is 19.1 Å². The van der Waals surface area contributed by atoms with Crippen molar-refractivity contribution in [3.8, 4) is 0 Å². The van der Waals surface area contributed by atoms with Crippen molar-refractivity contribution >= 4 is 52.8 Å². The molecular weight excluding hydrogens is 453 g/mol. The fourth-order valence-electron chi connectivity index (χ4n) is 2.56. The molecule has 30 heavy (non-hydrogen) atoms. The molecule has 0 aliphatic carbocycles. The average Bonchev–Trinajstić information content (AvgIpc) is 3.09. The van der Waals surface area contributed by atoms with Gasteiger partial charge in [0.1, 0.15) is 29.7 Å². The van der Waals surface area contributed by atoms with Gasteiger partial charge in [-0.15, -0.1) is 0 Å². The van der Waals surface area contributed by atoms with E-state index in [4.69, 9.17) is 32.4 Å². The highest BCUT2D eigenvalue weighted by molar-refractivity contribution is 7.98. The first-order valence-corrected chi connectivity index (χ1v) is 11.0. The summed E-state index contributed by atoms with van der Waals surface area (Å²) in [5.74, 6) is -0.410. The molecule has 10 heteroatoms. The van der Waals surface area contributed by atoms with Crippen LogP contribution in [0.1, 0.15) is 38.7 Å². The average molecular weight is 474 g/mol. The number of methoxy groups -OCH3 is 1. The van der Waals surface area contributed by atoms with Crippen LogP contribution in [0, 0.1) is 6.92 Å². The Bertz CT molecular complexity index is 930. The number of amides is 1. The van der Waals surface area contributed by atoms with Crippen LogP contribution in [0.15, 0.2) is 28.7 Å². The third-order valence-electron chi connectivity index (χ3n) is 4.11. The predicted molar refractivity (Wildman–Crippen MR) is 115 cm³/mol. The summed E-state index contributed by atoms with van der Waals surface area (Å²) < 4.78 is 15.4. The minimum atomic E-state index is -0.882. The van der Waals surface area contributed by atoms with Crippen molar-refractivity contribution < 1.29 is 28.3 Å². The number of carbonyl (C=O) groups excluding carboxylic acids is 3. The van der Waals surface area contributed by atoms with Crippen LogP contribution in [0.25, 0.3) is 0 Å². The predicted octanol–water partition coefficient (Wildman–Crippen LogP) is 4.28. The first kappa shape index (κ1) is 24.1. The molecule has 1 amide bonds. The number of benzene rings is 1. The van der Waals surface area contributed by atoms with Crippen LogP contribution >= 0.6 is 35.0 Å². The zero-order valence-electron chi connectivity index (χ0n) is 16.6. The summed E-state index contributed by atoms with van der Waals surface area (Å²) in [6.07, 6.45) is 2.25. The highest BCUT2D eigenvalue weighted by Crippen LogP contribution is 2.21. The van der Waals surface area contributed by atoms with E-state index in [2.05, 4.69) is 10.1 Å². The fraction of sp³-hybridized carbons (Fsp3) is 0.350. The summed E-state index contributed by atoms with van der Waals surface area (Å²) >= 11 is 13.5. The van der Waals surface area contributed by atoms with E-state index in [1.165, 1.54) is 43.1 Å². The Morgan fingerprint density at radius 3 is 2.57 bits per heavy atom. The number of aryl methyl sites for hydroxylation is 1. The van der Waals surface area contributed by atoms with E-state index in [1.807, 2.05) is 6.26 Å². The van der Waals surface area contributed by atoms with Gasteiger partial charge in [0.2, 0.25) is 0 Å². The summed E-state index contributed by atoms with van der Waals surface area (Å²) in [7, 11) is 1.26. The number of ether oxygens (including phenoxy) is 2. The lowest BCUT2D eigenvalue weighted by atomic mass is 10.1. The van der Waals surface area contributed by atoms with E-state index in [0.29, 0.717) is 23.0 Å². The SMILES string of the molecule is COC(=O)c1cc(COC(=O)C(CCSC)NC(=O)c2ccc(Cl)cc2Cl)oc1C. The molecule has 0 fully saturated rings. The second kappa shape index (κ2) is 11.3. The van der Waals surface area contributed by atoms with E-state index >= 15 is 0 Å². The van der Waals surface area contributed by atoms with Gasteiger partial charge >= 0.3 is 11.9 Å². The topological polar surface area (TPSA) is 94.8 Å². The standard InChI is InChI=1S/C20H21Cl2NO6S/c1-11-15(19(25)27-2)9-13(29-11)10-28-20(26)17(6-7-30-3)23-18(24)14-5-4-12(21)8-16(14)22/h4-5,8-9,17H,6-7,10H2,1-3H3,(H,23,24). The number of hydrogen-bond donors (Lipinski definition) is 1. The molecule has 2 aromatic rings. The molecule has 7 nitrogen and oxygen atoms in total. The number of esters is 2.